The summed E-state index contributed by atoms with van der Waals surface area (Å²) in [5, 5.41) is 0. The van der Waals surface area contributed by atoms with Crippen LogP contribution in [0.15, 0.2) is 18.2 Å². The largest absolute Gasteiger partial charge is 0.0591 e. The lowest BCUT2D eigenvalue weighted by Gasteiger charge is -2.46. The molecule has 0 aliphatic heterocycles. The Hall–Kier alpha value is -0.780. The molecule has 0 saturated carbocycles. The predicted octanol–water partition coefficient (Wildman–Crippen LogP) is 3.64. The fourth-order valence-electron chi connectivity index (χ4n) is 2.26. The number of hydrogen-bond donors (Lipinski definition) is 0. The first-order chi connectivity index (χ1) is 6.42. The number of hydrogen-bond acceptors (Lipinski definition) is 0. The van der Waals surface area contributed by atoms with E-state index in [2.05, 4.69) is 45.9 Å². The molecule has 0 nitrogen and oxygen atoms in total. The van der Waals surface area contributed by atoms with Crippen molar-refractivity contribution in [2.45, 2.75) is 40.5 Å². The minimum Gasteiger partial charge on any atom is -0.0591 e. The monoisotopic (exact) mass is 187 g/mol. The molecule has 75 valence electrons. The number of benzene rings is 1. The third-order valence-electron chi connectivity index (χ3n) is 4.15. The Balaban J connectivity index is 2.46. The van der Waals surface area contributed by atoms with Gasteiger partial charge in [-0.1, -0.05) is 45.9 Å². The quantitative estimate of drug-likeness (QED) is 0.581. The summed E-state index contributed by atoms with van der Waals surface area (Å²) < 4.78 is 0. The third kappa shape index (κ3) is 1.37. The molecular weight excluding hydrogens is 168 g/mol. The summed E-state index contributed by atoms with van der Waals surface area (Å²) >= 11 is 0. The van der Waals surface area contributed by atoms with Crippen molar-refractivity contribution in [3.63, 3.8) is 0 Å². The maximum Gasteiger partial charge on any atom is -0.0181 e. The van der Waals surface area contributed by atoms with Gasteiger partial charge in [0.1, 0.15) is 0 Å². The molecule has 0 unspecified atom stereocenters. The van der Waals surface area contributed by atoms with Crippen LogP contribution in [0.2, 0.25) is 0 Å². The van der Waals surface area contributed by atoms with Crippen LogP contribution in [0.5, 0.6) is 0 Å². The van der Waals surface area contributed by atoms with E-state index in [1.54, 1.807) is 0 Å². The fourth-order valence-corrected chi connectivity index (χ4v) is 2.26. The second-order valence-electron chi connectivity index (χ2n) is 5.82. The second-order valence-corrected chi connectivity index (χ2v) is 5.82. The lowest BCUT2D eigenvalue weighted by molar-refractivity contribution is 0.0966. The van der Waals surface area contributed by atoms with Crippen molar-refractivity contribution in [1.29, 1.82) is 0 Å². The maximum atomic E-state index is 3.19. The first kappa shape index (κ1) is 9.76. The molecule has 0 fully saturated rings. The van der Waals surface area contributed by atoms with Gasteiger partial charge >= 0.3 is 0 Å². The van der Waals surface area contributed by atoms with Gasteiger partial charge in [-0.05, 0) is 40.9 Å². The summed E-state index contributed by atoms with van der Waals surface area (Å²) in [6.45, 7) is 9.52. The molecule has 0 N–H and O–H groups in total. The normalized spacial score (nSPS) is 22.9. The minimum absolute atomic E-state index is 0.398. The van der Waals surface area contributed by atoms with Crippen LogP contribution in [0, 0.1) is 16.9 Å². The van der Waals surface area contributed by atoms with E-state index in [1.165, 1.54) is 24.0 Å². The molecule has 1 aliphatic carbocycles. The molecular formula is C14H19. The van der Waals surface area contributed by atoms with Crippen LogP contribution in [-0.4, -0.2) is 0 Å². The maximum absolute atomic E-state index is 3.19. The molecule has 0 bridgehead atoms. The zero-order valence-corrected chi connectivity index (χ0v) is 9.65. The van der Waals surface area contributed by atoms with Crippen LogP contribution >= 0.6 is 0 Å². The highest BCUT2D eigenvalue weighted by Gasteiger charge is 2.40. The topological polar surface area (TPSA) is 0 Å². The molecule has 0 heterocycles. The van der Waals surface area contributed by atoms with E-state index in [0.29, 0.717) is 10.8 Å². The van der Waals surface area contributed by atoms with E-state index in [0.717, 1.165) is 0 Å². The van der Waals surface area contributed by atoms with Crippen molar-refractivity contribution in [3.8, 4) is 0 Å². The number of rotatable bonds is 0. The van der Waals surface area contributed by atoms with E-state index in [4.69, 9.17) is 0 Å². The summed E-state index contributed by atoms with van der Waals surface area (Å²) in [6.07, 6.45) is 2.39. The van der Waals surface area contributed by atoms with Gasteiger partial charge in [0.25, 0.3) is 0 Å². The Morgan fingerprint density at radius 1 is 1.00 bits per heavy atom. The van der Waals surface area contributed by atoms with Gasteiger partial charge in [-0.2, -0.15) is 0 Å². The Morgan fingerprint density at radius 3 is 2.21 bits per heavy atom. The van der Waals surface area contributed by atoms with E-state index in [-0.39, 0.29) is 0 Å². The average Bonchev–Trinajstić information content (AvgIpc) is 2.05. The third-order valence-corrected chi connectivity index (χ3v) is 4.15. The molecule has 0 spiro atoms. The highest BCUT2D eigenvalue weighted by Crippen LogP contribution is 2.47. The molecule has 0 aromatic heterocycles. The first-order valence-corrected chi connectivity index (χ1v) is 5.40. The van der Waals surface area contributed by atoms with Gasteiger partial charge in [0.05, 0.1) is 0 Å². The van der Waals surface area contributed by atoms with Crippen molar-refractivity contribution < 1.29 is 0 Å². The highest BCUT2D eigenvalue weighted by molar-refractivity contribution is 5.32. The average molecular weight is 187 g/mol. The molecule has 0 saturated heterocycles. The molecule has 1 radical (unpaired) electrons. The van der Waals surface area contributed by atoms with Crippen molar-refractivity contribution in [2.24, 2.45) is 10.8 Å². The zero-order chi connectivity index (χ0) is 10.4. The lowest BCUT2D eigenvalue weighted by Crippen LogP contribution is -2.40. The summed E-state index contributed by atoms with van der Waals surface area (Å²) in [5.74, 6) is 0. The van der Waals surface area contributed by atoms with Crippen molar-refractivity contribution in [2.75, 3.05) is 0 Å². The summed E-state index contributed by atoms with van der Waals surface area (Å²) in [5.41, 5.74) is 3.82. The molecule has 1 aliphatic rings. The van der Waals surface area contributed by atoms with E-state index in [1.807, 2.05) is 6.07 Å². The number of fused-ring (bicyclic) bond motifs is 1. The Morgan fingerprint density at radius 2 is 1.57 bits per heavy atom. The van der Waals surface area contributed by atoms with Gasteiger partial charge in [-0.25, -0.2) is 0 Å². The van der Waals surface area contributed by atoms with Crippen LogP contribution in [0.25, 0.3) is 0 Å². The molecule has 1 aromatic rings. The van der Waals surface area contributed by atoms with Gasteiger partial charge in [0.2, 0.25) is 0 Å². The summed E-state index contributed by atoms with van der Waals surface area (Å²) in [6, 6.07) is 9.61. The SMILES string of the molecule is CC1(C)Cc2c[c]ccc2CC1(C)C. The molecule has 1 aromatic carbocycles. The molecule has 14 heavy (non-hydrogen) atoms. The van der Waals surface area contributed by atoms with Crippen LogP contribution < -0.4 is 0 Å². The van der Waals surface area contributed by atoms with Crippen LogP contribution in [0.3, 0.4) is 0 Å². The standard InChI is InChI=1S/C14H19/c1-13(2)9-11-7-5-6-8-12(11)10-14(13,3)4/h5,7-8H,9-10H2,1-4H3. The minimum atomic E-state index is 0.398. The predicted molar refractivity (Wildman–Crippen MR) is 60.2 cm³/mol. The van der Waals surface area contributed by atoms with Gasteiger partial charge < -0.3 is 0 Å². The summed E-state index contributed by atoms with van der Waals surface area (Å²) in [4.78, 5) is 0. The van der Waals surface area contributed by atoms with Gasteiger partial charge in [-0.15, -0.1) is 0 Å². The van der Waals surface area contributed by atoms with Gasteiger partial charge in [0, 0.05) is 0 Å². The van der Waals surface area contributed by atoms with Gasteiger partial charge in [0.15, 0.2) is 0 Å². The van der Waals surface area contributed by atoms with Crippen molar-refractivity contribution in [1.82, 2.24) is 0 Å². The van der Waals surface area contributed by atoms with Crippen LogP contribution in [0.1, 0.15) is 38.8 Å². The van der Waals surface area contributed by atoms with Gasteiger partial charge in [-0.3, -0.25) is 0 Å². The van der Waals surface area contributed by atoms with E-state index < -0.39 is 0 Å². The van der Waals surface area contributed by atoms with Crippen LogP contribution in [0.4, 0.5) is 0 Å². The van der Waals surface area contributed by atoms with E-state index in [9.17, 15) is 0 Å². The van der Waals surface area contributed by atoms with Crippen molar-refractivity contribution in [3.05, 3.63) is 35.4 Å². The lowest BCUT2D eigenvalue weighted by atomic mass is 9.58. The van der Waals surface area contributed by atoms with Crippen LogP contribution in [-0.2, 0) is 12.8 Å². The molecule has 0 amide bonds. The molecule has 0 atom stereocenters. The highest BCUT2D eigenvalue weighted by atomic mass is 14.4. The zero-order valence-electron chi connectivity index (χ0n) is 9.65. The molecule has 0 heteroatoms. The molecule has 2 rings (SSSR count). The Labute approximate surface area is 87.3 Å². The van der Waals surface area contributed by atoms with E-state index >= 15 is 0 Å². The Bertz CT molecular complexity index is 310. The summed E-state index contributed by atoms with van der Waals surface area (Å²) in [7, 11) is 0. The van der Waals surface area contributed by atoms with Crippen molar-refractivity contribution >= 4 is 0 Å². The second kappa shape index (κ2) is 2.85. The fraction of sp³-hybridized carbons (Fsp3) is 0.571. The Kier molecular flexibility index (Phi) is 1.99. The smallest absolute Gasteiger partial charge is 0.0181 e. The first-order valence-electron chi connectivity index (χ1n) is 5.40.